The van der Waals surface area contributed by atoms with Crippen molar-refractivity contribution < 1.29 is 0 Å². The van der Waals surface area contributed by atoms with E-state index in [0.717, 1.165) is 18.4 Å². The minimum atomic E-state index is 0.463. The molecular weight excluding hydrogens is 250 g/mol. The van der Waals surface area contributed by atoms with Crippen LogP contribution < -0.4 is 5.32 Å². The van der Waals surface area contributed by atoms with E-state index in [4.69, 9.17) is 0 Å². The molecule has 1 aliphatic carbocycles. The molecule has 1 saturated carbocycles. The number of rotatable bonds is 8. The molecule has 0 spiro atoms. The van der Waals surface area contributed by atoms with Crippen LogP contribution in [0.3, 0.4) is 0 Å². The maximum absolute atomic E-state index is 3.69. The molecule has 1 fully saturated rings. The quantitative estimate of drug-likeness (QED) is 0.738. The molecule has 0 radical (unpaired) electrons. The molecule has 108 valence electrons. The van der Waals surface area contributed by atoms with E-state index in [0.29, 0.717) is 5.41 Å². The highest BCUT2D eigenvalue weighted by atomic mass is 32.1. The molecule has 1 aliphatic rings. The second kappa shape index (κ2) is 6.41. The Bertz CT molecular complexity index is 392. The fourth-order valence-electron chi connectivity index (χ4n) is 2.88. The number of thiophene rings is 1. The van der Waals surface area contributed by atoms with Gasteiger partial charge < -0.3 is 5.32 Å². The Kier molecular flexibility index (Phi) is 5.08. The van der Waals surface area contributed by atoms with Crippen LogP contribution in [0.1, 0.15) is 50.3 Å². The molecule has 0 aliphatic heterocycles. The first-order chi connectivity index (χ1) is 9.03. The highest BCUT2D eigenvalue weighted by molar-refractivity contribution is 7.11. The molecule has 1 atom stereocenters. The van der Waals surface area contributed by atoms with Gasteiger partial charge in [-0.15, -0.1) is 11.3 Å². The van der Waals surface area contributed by atoms with Crippen LogP contribution in [0.4, 0.5) is 0 Å². The average Bonchev–Trinajstić information content (AvgIpc) is 3.11. The maximum atomic E-state index is 3.69. The Morgan fingerprint density at radius 1 is 1.32 bits per heavy atom. The van der Waals surface area contributed by atoms with Gasteiger partial charge in [0.2, 0.25) is 0 Å². The Labute approximate surface area is 122 Å². The SMILES string of the molecule is CCc1ccc(CC(C)(CNCC(C)C)C2CC2)s1. The zero-order chi connectivity index (χ0) is 13.9. The minimum absolute atomic E-state index is 0.463. The van der Waals surface area contributed by atoms with Gasteiger partial charge in [0.05, 0.1) is 0 Å². The topological polar surface area (TPSA) is 12.0 Å². The van der Waals surface area contributed by atoms with Crippen LogP contribution in [0, 0.1) is 17.3 Å². The van der Waals surface area contributed by atoms with Gasteiger partial charge in [-0.25, -0.2) is 0 Å². The molecule has 2 rings (SSSR count). The Morgan fingerprint density at radius 2 is 2.00 bits per heavy atom. The molecule has 1 heterocycles. The van der Waals surface area contributed by atoms with E-state index in [2.05, 4.69) is 45.1 Å². The van der Waals surface area contributed by atoms with Crippen LogP contribution >= 0.6 is 11.3 Å². The summed E-state index contributed by atoms with van der Waals surface area (Å²) in [4.78, 5) is 3.11. The summed E-state index contributed by atoms with van der Waals surface area (Å²) < 4.78 is 0. The smallest absolute Gasteiger partial charge is 0.00541 e. The van der Waals surface area contributed by atoms with Gasteiger partial charge in [-0.2, -0.15) is 0 Å². The lowest BCUT2D eigenvalue weighted by Gasteiger charge is -2.30. The van der Waals surface area contributed by atoms with Gasteiger partial charge in [-0.05, 0) is 61.6 Å². The predicted molar refractivity (Wildman–Crippen MR) is 85.9 cm³/mol. The van der Waals surface area contributed by atoms with Gasteiger partial charge in [0.1, 0.15) is 0 Å². The van der Waals surface area contributed by atoms with Crippen molar-refractivity contribution >= 4 is 11.3 Å². The van der Waals surface area contributed by atoms with Crippen molar-refractivity contribution in [3.8, 4) is 0 Å². The molecule has 0 aromatic carbocycles. The van der Waals surface area contributed by atoms with Crippen LogP contribution in [0.2, 0.25) is 0 Å². The van der Waals surface area contributed by atoms with E-state index in [1.807, 2.05) is 11.3 Å². The number of nitrogens with one attached hydrogen (secondary N) is 1. The summed E-state index contributed by atoms with van der Waals surface area (Å²) in [5, 5.41) is 3.69. The fraction of sp³-hybridized carbons (Fsp3) is 0.765. The van der Waals surface area contributed by atoms with Gasteiger partial charge in [0.15, 0.2) is 0 Å². The molecule has 2 heteroatoms. The molecule has 1 unspecified atom stereocenters. The molecule has 0 amide bonds. The fourth-order valence-corrected chi connectivity index (χ4v) is 4.04. The van der Waals surface area contributed by atoms with Crippen molar-refractivity contribution in [2.24, 2.45) is 17.3 Å². The largest absolute Gasteiger partial charge is 0.316 e. The Morgan fingerprint density at radius 3 is 2.53 bits per heavy atom. The normalized spacial score (nSPS) is 18.8. The van der Waals surface area contributed by atoms with E-state index in [-0.39, 0.29) is 0 Å². The van der Waals surface area contributed by atoms with Crippen molar-refractivity contribution in [2.75, 3.05) is 13.1 Å². The van der Waals surface area contributed by atoms with E-state index >= 15 is 0 Å². The van der Waals surface area contributed by atoms with Crippen LogP contribution in [-0.4, -0.2) is 13.1 Å². The Balaban J connectivity index is 1.94. The molecule has 1 aromatic heterocycles. The third-order valence-corrected chi connectivity index (χ3v) is 5.52. The predicted octanol–water partition coefficient (Wildman–Crippen LogP) is 4.51. The van der Waals surface area contributed by atoms with Gasteiger partial charge >= 0.3 is 0 Å². The zero-order valence-corrected chi connectivity index (χ0v) is 13.8. The first kappa shape index (κ1) is 15.1. The summed E-state index contributed by atoms with van der Waals surface area (Å²) in [6.45, 7) is 11.6. The summed E-state index contributed by atoms with van der Waals surface area (Å²) in [5.41, 5.74) is 0.463. The second-order valence-electron chi connectivity index (χ2n) is 6.85. The summed E-state index contributed by atoms with van der Waals surface area (Å²) in [7, 11) is 0. The number of hydrogen-bond acceptors (Lipinski definition) is 2. The molecule has 1 aromatic rings. The molecule has 0 bridgehead atoms. The third-order valence-electron chi connectivity index (χ3n) is 4.29. The number of aryl methyl sites for hydroxylation is 1. The molecule has 1 nitrogen and oxygen atoms in total. The second-order valence-corrected chi connectivity index (χ2v) is 8.10. The van der Waals surface area contributed by atoms with E-state index < -0.39 is 0 Å². The van der Waals surface area contributed by atoms with Gasteiger partial charge in [-0.1, -0.05) is 27.7 Å². The maximum Gasteiger partial charge on any atom is 0.00541 e. The standard InChI is InChI=1S/C17H29NS/c1-5-15-8-9-16(19-15)10-17(4,14-6-7-14)12-18-11-13(2)3/h8-9,13-14,18H,5-7,10-12H2,1-4H3. The lowest BCUT2D eigenvalue weighted by Crippen LogP contribution is -2.37. The lowest BCUT2D eigenvalue weighted by atomic mass is 9.80. The van der Waals surface area contributed by atoms with Crippen LogP contribution in [0.5, 0.6) is 0 Å². The molecule has 19 heavy (non-hydrogen) atoms. The van der Waals surface area contributed by atoms with Crippen molar-refractivity contribution in [3.05, 3.63) is 21.9 Å². The van der Waals surface area contributed by atoms with Gasteiger partial charge in [0, 0.05) is 16.3 Å². The van der Waals surface area contributed by atoms with Crippen LogP contribution in [0.15, 0.2) is 12.1 Å². The number of hydrogen-bond donors (Lipinski definition) is 1. The van der Waals surface area contributed by atoms with E-state index in [1.54, 1.807) is 4.88 Å². The first-order valence-corrected chi connectivity index (χ1v) is 8.63. The summed E-state index contributed by atoms with van der Waals surface area (Å²) in [6.07, 6.45) is 5.31. The summed E-state index contributed by atoms with van der Waals surface area (Å²) in [5.74, 6) is 1.69. The highest BCUT2D eigenvalue weighted by Gasteiger charge is 2.41. The van der Waals surface area contributed by atoms with Crippen molar-refractivity contribution in [2.45, 2.75) is 53.4 Å². The zero-order valence-electron chi connectivity index (χ0n) is 13.0. The summed E-state index contributed by atoms with van der Waals surface area (Å²) in [6, 6.07) is 4.67. The monoisotopic (exact) mass is 279 g/mol. The molecule has 1 N–H and O–H groups in total. The van der Waals surface area contributed by atoms with E-state index in [9.17, 15) is 0 Å². The average molecular weight is 279 g/mol. The lowest BCUT2D eigenvalue weighted by molar-refractivity contribution is 0.254. The minimum Gasteiger partial charge on any atom is -0.316 e. The Hall–Kier alpha value is -0.340. The van der Waals surface area contributed by atoms with Crippen LogP contribution in [-0.2, 0) is 12.8 Å². The van der Waals surface area contributed by atoms with Crippen molar-refractivity contribution in [1.82, 2.24) is 5.32 Å². The summed E-state index contributed by atoms with van der Waals surface area (Å²) >= 11 is 2.02. The van der Waals surface area contributed by atoms with Crippen molar-refractivity contribution in [3.63, 3.8) is 0 Å². The molecular formula is C17H29NS. The first-order valence-electron chi connectivity index (χ1n) is 7.82. The van der Waals surface area contributed by atoms with Gasteiger partial charge in [0.25, 0.3) is 0 Å². The highest BCUT2D eigenvalue weighted by Crippen LogP contribution is 2.47. The van der Waals surface area contributed by atoms with Gasteiger partial charge in [-0.3, -0.25) is 0 Å². The van der Waals surface area contributed by atoms with Crippen molar-refractivity contribution in [1.29, 1.82) is 0 Å². The molecule has 0 saturated heterocycles. The third kappa shape index (κ3) is 4.32. The van der Waals surface area contributed by atoms with E-state index in [1.165, 1.54) is 37.1 Å². The van der Waals surface area contributed by atoms with Crippen LogP contribution in [0.25, 0.3) is 0 Å².